The van der Waals surface area contributed by atoms with Gasteiger partial charge in [-0.25, -0.2) is 9.13 Å². The number of hydrogen-bond acceptors (Lipinski definition) is 15. The Bertz CT molecular complexity index is 1820. The summed E-state index contributed by atoms with van der Waals surface area (Å²) in [6.07, 6.45) is 45.7. The summed E-state index contributed by atoms with van der Waals surface area (Å²) in [4.78, 5) is 72.7. The minimum absolute atomic E-state index is 0.105. The molecular formula is C73H142O17P2. The third-order valence-electron chi connectivity index (χ3n) is 17.2. The van der Waals surface area contributed by atoms with Gasteiger partial charge < -0.3 is 33.8 Å². The van der Waals surface area contributed by atoms with Gasteiger partial charge in [-0.3, -0.25) is 37.3 Å². The molecule has 92 heavy (non-hydrogen) atoms. The van der Waals surface area contributed by atoms with Crippen molar-refractivity contribution in [3.8, 4) is 0 Å². The normalized spacial score (nSPS) is 14.5. The van der Waals surface area contributed by atoms with Gasteiger partial charge in [0.25, 0.3) is 0 Å². The molecule has 0 aliphatic carbocycles. The predicted molar refractivity (Wildman–Crippen MR) is 372 cm³/mol. The number of ether oxygens (including phenoxy) is 4. The van der Waals surface area contributed by atoms with Crippen LogP contribution in [0.2, 0.25) is 0 Å². The maximum Gasteiger partial charge on any atom is 0.472 e. The van der Waals surface area contributed by atoms with Crippen LogP contribution >= 0.6 is 15.6 Å². The Morgan fingerprint density at radius 3 is 0.772 bits per heavy atom. The molecule has 6 atom stereocenters. The van der Waals surface area contributed by atoms with E-state index in [1.54, 1.807) is 0 Å². The van der Waals surface area contributed by atoms with E-state index in [9.17, 15) is 43.2 Å². The maximum atomic E-state index is 13.1. The number of aliphatic hydroxyl groups excluding tert-OH is 1. The monoisotopic (exact) mass is 1350 g/mol. The van der Waals surface area contributed by atoms with E-state index in [0.29, 0.717) is 31.6 Å². The molecule has 0 aromatic rings. The molecule has 0 rings (SSSR count). The zero-order chi connectivity index (χ0) is 68.2. The minimum atomic E-state index is -4.96. The largest absolute Gasteiger partial charge is 0.472 e. The molecule has 17 nitrogen and oxygen atoms in total. The molecule has 0 amide bonds. The average Bonchev–Trinajstić information content (AvgIpc) is 2.28. The van der Waals surface area contributed by atoms with E-state index in [1.165, 1.54) is 161 Å². The van der Waals surface area contributed by atoms with Crippen LogP contribution in [0.5, 0.6) is 0 Å². The molecule has 0 aliphatic rings. The van der Waals surface area contributed by atoms with E-state index in [4.69, 9.17) is 37.0 Å². The van der Waals surface area contributed by atoms with Crippen molar-refractivity contribution in [3.05, 3.63) is 0 Å². The van der Waals surface area contributed by atoms with Crippen LogP contribution in [0.3, 0.4) is 0 Å². The number of carbonyl (C=O) groups is 4. The smallest absolute Gasteiger partial charge is 0.462 e. The lowest BCUT2D eigenvalue weighted by Gasteiger charge is -2.21. The highest BCUT2D eigenvalue weighted by molar-refractivity contribution is 7.47. The van der Waals surface area contributed by atoms with Gasteiger partial charge in [0.05, 0.1) is 26.4 Å². The molecule has 4 unspecified atom stereocenters. The number of unbranched alkanes of at least 4 members (excludes halogenated alkanes) is 35. The van der Waals surface area contributed by atoms with Gasteiger partial charge in [-0.2, -0.15) is 0 Å². The molecule has 0 saturated heterocycles. The topological polar surface area (TPSA) is 237 Å². The summed E-state index contributed by atoms with van der Waals surface area (Å²) in [5.74, 6) is 0.918. The Labute approximate surface area is 562 Å². The number of hydrogen-bond donors (Lipinski definition) is 3. The number of esters is 4. The Kier molecular flexibility index (Phi) is 61.3. The molecule has 19 heteroatoms. The SMILES string of the molecule is CCC(C)CCCCCCCCCCCCC(=O)OC[C@H](COP(=O)(O)OCC(O)COP(=O)(O)OC[C@@H](COC(=O)CCCCCCCCCC(C)C)OC(=O)CCCCCCCCCCCCC(C)C)OC(=O)CCCCCCCCCCCCCCC(C)C. The van der Waals surface area contributed by atoms with Gasteiger partial charge in [-0.05, 0) is 49.4 Å². The summed E-state index contributed by atoms with van der Waals surface area (Å²) in [5, 5.41) is 10.6. The van der Waals surface area contributed by atoms with Crippen LogP contribution in [-0.4, -0.2) is 96.7 Å². The van der Waals surface area contributed by atoms with Crippen LogP contribution in [0.4, 0.5) is 0 Å². The summed E-state index contributed by atoms with van der Waals surface area (Å²) >= 11 is 0. The van der Waals surface area contributed by atoms with Gasteiger partial charge in [-0.1, -0.05) is 312 Å². The molecule has 546 valence electrons. The maximum absolute atomic E-state index is 13.1. The third-order valence-corrected chi connectivity index (χ3v) is 19.1. The molecule has 3 N–H and O–H groups in total. The van der Waals surface area contributed by atoms with Gasteiger partial charge in [0.15, 0.2) is 12.2 Å². The van der Waals surface area contributed by atoms with E-state index < -0.39 is 97.5 Å². The summed E-state index contributed by atoms with van der Waals surface area (Å²) in [6.45, 7) is 14.1. The lowest BCUT2D eigenvalue weighted by molar-refractivity contribution is -0.161. The standard InChI is InChI=1S/C73H142O17P2/c1-9-66(8)52-44-36-28-20-15-17-21-29-37-45-53-70(75)83-59-68(89-72(77)55-47-39-30-22-13-11-10-12-18-25-33-41-49-63(2)3)61-87-91(79,80)85-57-67(74)58-86-92(81,82)88-62-69(60-84-71(76)54-46-38-32-24-27-35-43-51-65(6)7)90-73(78)56-48-40-31-23-16-14-19-26-34-42-50-64(4)5/h63-69,74H,9-62H2,1-8H3,(H,79,80)(H,81,82)/t66?,67?,68-,69-/m1/s1. The Hall–Kier alpha value is -1.94. The van der Waals surface area contributed by atoms with Gasteiger partial charge in [0.2, 0.25) is 0 Å². The summed E-state index contributed by atoms with van der Waals surface area (Å²) < 4.78 is 68.4. The molecule has 0 heterocycles. The molecule has 0 fully saturated rings. The van der Waals surface area contributed by atoms with E-state index in [-0.39, 0.29) is 25.7 Å². The van der Waals surface area contributed by atoms with Crippen LogP contribution in [0, 0.1) is 23.7 Å². The number of phosphoric ester groups is 2. The summed E-state index contributed by atoms with van der Waals surface area (Å²) in [7, 11) is -9.91. The van der Waals surface area contributed by atoms with Crippen LogP contribution in [0.25, 0.3) is 0 Å². The zero-order valence-corrected chi connectivity index (χ0v) is 62.0. The zero-order valence-electron chi connectivity index (χ0n) is 60.2. The molecule has 0 aromatic heterocycles. The Morgan fingerprint density at radius 2 is 0.522 bits per heavy atom. The lowest BCUT2D eigenvalue weighted by atomic mass is 9.99. The van der Waals surface area contributed by atoms with Crippen molar-refractivity contribution < 1.29 is 80.2 Å². The van der Waals surface area contributed by atoms with Gasteiger partial charge in [0, 0.05) is 25.7 Å². The number of rotatable bonds is 70. The van der Waals surface area contributed by atoms with E-state index in [0.717, 1.165) is 114 Å². The molecule has 0 spiro atoms. The van der Waals surface area contributed by atoms with Gasteiger partial charge >= 0.3 is 39.5 Å². The van der Waals surface area contributed by atoms with Crippen molar-refractivity contribution in [2.45, 2.75) is 382 Å². The van der Waals surface area contributed by atoms with Crippen molar-refractivity contribution in [1.29, 1.82) is 0 Å². The first-order valence-electron chi connectivity index (χ1n) is 37.7. The second-order valence-electron chi connectivity index (χ2n) is 28.0. The Morgan fingerprint density at radius 1 is 0.304 bits per heavy atom. The van der Waals surface area contributed by atoms with Crippen molar-refractivity contribution in [2.24, 2.45) is 23.7 Å². The molecule has 0 aromatic carbocycles. The highest BCUT2D eigenvalue weighted by Gasteiger charge is 2.30. The molecule has 0 bridgehead atoms. The second kappa shape index (κ2) is 62.6. The number of carbonyl (C=O) groups excluding carboxylic acids is 4. The van der Waals surface area contributed by atoms with Crippen LogP contribution in [-0.2, 0) is 65.4 Å². The summed E-state index contributed by atoms with van der Waals surface area (Å²) in [6, 6.07) is 0. The second-order valence-corrected chi connectivity index (χ2v) is 30.9. The predicted octanol–water partition coefficient (Wildman–Crippen LogP) is 20.9. The first-order valence-corrected chi connectivity index (χ1v) is 40.7. The fraction of sp³-hybridized carbons (Fsp3) is 0.945. The number of phosphoric acid groups is 2. The highest BCUT2D eigenvalue weighted by Crippen LogP contribution is 2.45. The first-order chi connectivity index (χ1) is 44.1. The van der Waals surface area contributed by atoms with Crippen molar-refractivity contribution in [3.63, 3.8) is 0 Å². The third kappa shape index (κ3) is 65.4. The fourth-order valence-corrected chi connectivity index (χ4v) is 12.6. The lowest BCUT2D eigenvalue weighted by Crippen LogP contribution is -2.30. The highest BCUT2D eigenvalue weighted by atomic mass is 31.2. The van der Waals surface area contributed by atoms with Crippen LogP contribution in [0.1, 0.15) is 364 Å². The Balaban J connectivity index is 5.27. The minimum Gasteiger partial charge on any atom is -0.462 e. The molecular weight excluding hydrogens is 1210 g/mol. The molecule has 0 radical (unpaired) electrons. The quantitative estimate of drug-likeness (QED) is 0.0222. The van der Waals surface area contributed by atoms with Gasteiger partial charge in [0.1, 0.15) is 19.3 Å². The van der Waals surface area contributed by atoms with Crippen molar-refractivity contribution in [2.75, 3.05) is 39.6 Å². The molecule has 0 saturated carbocycles. The summed E-state index contributed by atoms with van der Waals surface area (Å²) in [5.41, 5.74) is 0. The first kappa shape index (κ1) is 90.1. The molecule has 0 aliphatic heterocycles. The fourth-order valence-electron chi connectivity index (χ4n) is 11.0. The van der Waals surface area contributed by atoms with Crippen LogP contribution in [0.15, 0.2) is 0 Å². The average molecular weight is 1350 g/mol. The van der Waals surface area contributed by atoms with E-state index in [1.807, 2.05) is 0 Å². The van der Waals surface area contributed by atoms with Gasteiger partial charge in [-0.15, -0.1) is 0 Å². The van der Waals surface area contributed by atoms with Crippen molar-refractivity contribution in [1.82, 2.24) is 0 Å². The van der Waals surface area contributed by atoms with Crippen LogP contribution < -0.4 is 0 Å². The van der Waals surface area contributed by atoms with E-state index in [2.05, 4.69) is 55.4 Å². The number of aliphatic hydroxyl groups is 1. The van der Waals surface area contributed by atoms with Crippen molar-refractivity contribution >= 4 is 39.5 Å². The van der Waals surface area contributed by atoms with E-state index >= 15 is 0 Å².